The number of hydrogen-bond donors (Lipinski definition) is 0. The number of rotatable bonds is 3. The van der Waals surface area contributed by atoms with Crippen molar-refractivity contribution in [3.8, 4) is 0 Å². The van der Waals surface area contributed by atoms with Gasteiger partial charge in [0.15, 0.2) is 0 Å². The molecule has 136 valence electrons. The fourth-order valence-corrected chi connectivity index (χ4v) is 5.03. The molecule has 1 heterocycles. The van der Waals surface area contributed by atoms with E-state index in [2.05, 4.69) is 69.4 Å². The van der Waals surface area contributed by atoms with E-state index in [1.165, 1.54) is 30.4 Å². The summed E-state index contributed by atoms with van der Waals surface area (Å²) in [4.78, 5) is 15.7. The Hall–Kier alpha value is -1.61. The Morgan fingerprint density at radius 2 is 1.81 bits per heavy atom. The summed E-state index contributed by atoms with van der Waals surface area (Å²) in [6, 6.07) is 17.3. The van der Waals surface area contributed by atoms with Gasteiger partial charge in [-0.2, -0.15) is 0 Å². The van der Waals surface area contributed by atoms with Crippen LogP contribution in [0.1, 0.15) is 49.7 Å². The van der Waals surface area contributed by atoms with Gasteiger partial charge in [-0.05, 0) is 61.4 Å². The zero-order chi connectivity index (χ0) is 17.9. The number of carbonyl (C=O) groups excluding carboxylic acids is 1. The maximum Gasteiger partial charge on any atom is 0.230 e. The molecule has 1 aliphatic heterocycles. The molecule has 1 aliphatic carbocycles. The number of halogens is 1. The first-order valence-electron chi connectivity index (χ1n) is 9.88. The van der Waals surface area contributed by atoms with Gasteiger partial charge in [-0.25, -0.2) is 0 Å². The number of nitrogens with zero attached hydrogens (tertiary/aromatic N) is 1. The van der Waals surface area contributed by atoms with Crippen LogP contribution in [-0.4, -0.2) is 11.9 Å². The minimum atomic E-state index is 0.208. The molecule has 0 saturated heterocycles. The molecular weight excluding hydrogens is 386 g/mol. The number of fused-ring (bicyclic) bond motifs is 1. The molecule has 0 aromatic heterocycles. The van der Waals surface area contributed by atoms with Gasteiger partial charge in [0.2, 0.25) is 5.91 Å². The van der Waals surface area contributed by atoms with Crippen molar-refractivity contribution in [1.82, 2.24) is 0 Å². The number of amides is 1. The maximum atomic E-state index is 13.5. The van der Waals surface area contributed by atoms with Crippen LogP contribution < -0.4 is 4.90 Å². The molecule has 2 aromatic rings. The van der Waals surface area contributed by atoms with Crippen LogP contribution in [0, 0.1) is 5.92 Å². The third-order valence-corrected chi connectivity index (χ3v) is 6.41. The van der Waals surface area contributed by atoms with E-state index in [0.717, 1.165) is 42.3 Å². The van der Waals surface area contributed by atoms with Gasteiger partial charge in [-0.15, -0.1) is 0 Å². The second-order valence-electron chi connectivity index (χ2n) is 7.70. The summed E-state index contributed by atoms with van der Waals surface area (Å²) >= 11 is 3.58. The van der Waals surface area contributed by atoms with Crippen molar-refractivity contribution in [3.63, 3.8) is 0 Å². The Morgan fingerprint density at radius 3 is 2.62 bits per heavy atom. The molecule has 1 saturated carbocycles. The Kier molecular flexibility index (Phi) is 5.44. The predicted molar refractivity (Wildman–Crippen MR) is 110 cm³/mol. The predicted octanol–water partition coefficient (Wildman–Crippen LogP) is 5.92. The molecule has 1 atom stereocenters. The number of aryl methyl sites for hydroxylation is 1. The molecule has 0 radical (unpaired) electrons. The minimum Gasteiger partial charge on any atom is -0.309 e. The van der Waals surface area contributed by atoms with Crippen LogP contribution in [0.5, 0.6) is 0 Å². The lowest BCUT2D eigenvalue weighted by molar-refractivity contribution is -0.123. The molecular formula is C23H26BrNO. The van der Waals surface area contributed by atoms with E-state index in [9.17, 15) is 4.79 Å². The molecule has 1 fully saturated rings. The fraction of sp³-hybridized carbons (Fsp3) is 0.435. The first-order valence-corrected chi connectivity index (χ1v) is 10.7. The number of benzene rings is 2. The van der Waals surface area contributed by atoms with Crippen molar-refractivity contribution in [3.05, 3.63) is 64.1 Å². The topological polar surface area (TPSA) is 20.3 Å². The smallest absolute Gasteiger partial charge is 0.230 e. The minimum absolute atomic E-state index is 0.208. The molecule has 4 rings (SSSR count). The van der Waals surface area contributed by atoms with Crippen molar-refractivity contribution in [2.45, 2.75) is 57.4 Å². The molecule has 0 bridgehead atoms. The highest BCUT2D eigenvalue weighted by atomic mass is 79.9. The molecule has 1 unspecified atom stereocenters. The lowest BCUT2D eigenvalue weighted by Gasteiger charge is -2.40. The molecule has 2 aromatic carbocycles. The standard InChI is InChI=1S/C23H26BrNO/c24-20-11-6-7-17(15-20)16-21-14-13-18-8-4-5-12-22(18)25(21)23(26)19-9-2-1-3-10-19/h4-8,11-12,15,19,21H,1-3,9-10,13-14,16H2. The SMILES string of the molecule is O=C(C1CCCCC1)N1c2ccccc2CCC1Cc1cccc(Br)c1. The Morgan fingerprint density at radius 1 is 1.00 bits per heavy atom. The number of hydrogen-bond acceptors (Lipinski definition) is 1. The summed E-state index contributed by atoms with van der Waals surface area (Å²) in [6.07, 6.45) is 8.81. The highest BCUT2D eigenvalue weighted by molar-refractivity contribution is 9.10. The molecule has 0 spiro atoms. The third-order valence-electron chi connectivity index (χ3n) is 5.92. The quantitative estimate of drug-likeness (QED) is 0.613. The number of carbonyl (C=O) groups is 1. The van der Waals surface area contributed by atoms with Crippen LogP contribution in [0.25, 0.3) is 0 Å². The van der Waals surface area contributed by atoms with E-state index in [1.54, 1.807) is 0 Å². The summed E-state index contributed by atoms with van der Waals surface area (Å²) in [5.41, 5.74) is 3.77. The van der Waals surface area contributed by atoms with E-state index in [-0.39, 0.29) is 12.0 Å². The van der Waals surface area contributed by atoms with Crippen molar-refractivity contribution < 1.29 is 4.79 Å². The van der Waals surface area contributed by atoms with Crippen LogP contribution in [0.4, 0.5) is 5.69 Å². The van der Waals surface area contributed by atoms with Gasteiger partial charge in [0.25, 0.3) is 0 Å². The van der Waals surface area contributed by atoms with Gasteiger partial charge in [0.1, 0.15) is 0 Å². The van der Waals surface area contributed by atoms with E-state index in [1.807, 2.05) is 0 Å². The Bertz CT molecular complexity index is 781. The van der Waals surface area contributed by atoms with Crippen molar-refractivity contribution >= 4 is 27.5 Å². The highest BCUT2D eigenvalue weighted by Gasteiger charge is 2.35. The van der Waals surface area contributed by atoms with Gasteiger partial charge in [-0.1, -0.05) is 65.5 Å². The molecule has 26 heavy (non-hydrogen) atoms. The largest absolute Gasteiger partial charge is 0.309 e. The summed E-state index contributed by atoms with van der Waals surface area (Å²) < 4.78 is 1.11. The first kappa shape index (κ1) is 17.8. The Balaban J connectivity index is 1.64. The summed E-state index contributed by atoms with van der Waals surface area (Å²) in [7, 11) is 0. The third kappa shape index (κ3) is 3.73. The number of anilines is 1. The van der Waals surface area contributed by atoms with Crippen LogP contribution in [0.15, 0.2) is 53.0 Å². The molecule has 0 N–H and O–H groups in total. The van der Waals surface area contributed by atoms with E-state index in [4.69, 9.17) is 0 Å². The Labute approximate surface area is 164 Å². The van der Waals surface area contributed by atoms with Crippen LogP contribution in [0.3, 0.4) is 0 Å². The van der Waals surface area contributed by atoms with Crippen LogP contribution >= 0.6 is 15.9 Å². The average molecular weight is 412 g/mol. The summed E-state index contributed by atoms with van der Waals surface area (Å²) in [5.74, 6) is 0.566. The van der Waals surface area contributed by atoms with Crippen molar-refractivity contribution in [2.75, 3.05) is 4.90 Å². The molecule has 1 amide bonds. The van der Waals surface area contributed by atoms with Gasteiger partial charge < -0.3 is 4.90 Å². The average Bonchev–Trinajstić information content (AvgIpc) is 2.68. The summed E-state index contributed by atoms with van der Waals surface area (Å²) in [5, 5.41) is 0. The normalized spacial score (nSPS) is 20.7. The maximum absolute atomic E-state index is 13.5. The van der Waals surface area contributed by atoms with Gasteiger partial charge >= 0.3 is 0 Å². The van der Waals surface area contributed by atoms with Crippen LogP contribution in [0.2, 0.25) is 0 Å². The first-order chi connectivity index (χ1) is 12.7. The van der Waals surface area contributed by atoms with Gasteiger partial charge in [0.05, 0.1) is 0 Å². The molecule has 2 aliphatic rings. The second kappa shape index (κ2) is 7.96. The number of para-hydroxylation sites is 1. The second-order valence-corrected chi connectivity index (χ2v) is 8.61. The fourth-order valence-electron chi connectivity index (χ4n) is 4.58. The van der Waals surface area contributed by atoms with E-state index >= 15 is 0 Å². The van der Waals surface area contributed by atoms with E-state index < -0.39 is 0 Å². The highest BCUT2D eigenvalue weighted by Crippen LogP contribution is 2.36. The van der Waals surface area contributed by atoms with Gasteiger partial charge in [-0.3, -0.25) is 4.79 Å². The lowest BCUT2D eigenvalue weighted by Crippen LogP contribution is -2.48. The van der Waals surface area contributed by atoms with Crippen molar-refractivity contribution in [1.29, 1.82) is 0 Å². The zero-order valence-electron chi connectivity index (χ0n) is 15.2. The lowest BCUT2D eigenvalue weighted by atomic mass is 9.85. The summed E-state index contributed by atoms with van der Waals surface area (Å²) in [6.45, 7) is 0. The van der Waals surface area contributed by atoms with E-state index in [0.29, 0.717) is 5.91 Å². The monoisotopic (exact) mass is 411 g/mol. The molecule has 2 nitrogen and oxygen atoms in total. The van der Waals surface area contributed by atoms with Crippen molar-refractivity contribution in [2.24, 2.45) is 5.92 Å². The molecule has 3 heteroatoms. The zero-order valence-corrected chi connectivity index (χ0v) is 16.7. The van der Waals surface area contributed by atoms with Crippen LogP contribution in [-0.2, 0) is 17.6 Å². The van der Waals surface area contributed by atoms with Gasteiger partial charge in [0, 0.05) is 22.1 Å².